The SMILES string of the molecule is CCNC1CCCN(c2c(F)cc(F)cc2Cl)C1=O. The second-order valence-corrected chi connectivity index (χ2v) is 4.87. The molecule has 0 aromatic heterocycles. The van der Waals surface area contributed by atoms with Gasteiger partial charge in [0.2, 0.25) is 5.91 Å². The zero-order valence-electron chi connectivity index (χ0n) is 10.5. The fourth-order valence-corrected chi connectivity index (χ4v) is 2.62. The molecule has 1 heterocycles. The molecule has 1 aliphatic heterocycles. The molecule has 19 heavy (non-hydrogen) atoms. The molecule has 1 aromatic rings. The molecule has 1 aliphatic rings. The number of hydrogen-bond donors (Lipinski definition) is 1. The van der Waals surface area contributed by atoms with Crippen LogP contribution in [0.5, 0.6) is 0 Å². The first-order chi connectivity index (χ1) is 9.04. The van der Waals surface area contributed by atoms with Gasteiger partial charge < -0.3 is 10.2 Å². The highest BCUT2D eigenvalue weighted by Gasteiger charge is 2.31. The number of rotatable bonds is 3. The van der Waals surface area contributed by atoms with E-state index < -0.39 is 11.6 Å². The van der Waals surface area contributed by atoms with Crippen molar-refractivity contribution in [2.45, 2.75) is 25.8 Å². The number of nitrogens with one attached hydrogen (secondary N) is 1. The fraction of sp³-hybridized carbons (Fsp3) is 0.462. The zero-order valence-corrected chi connectivity index (χ0v) is 11.3. The van der Waals surface area contributed by atoms with Gasteiger partial charge in [0.05, 0.1) is 16.8 Å². The smallest absolute Gasteiger partial charge is 0.244 e. The number of halogens is 3. The van der Waals surface area contributed by atoms with E-state index in [9.17, 15) is 13.6 Å². The first-order valence-electron chi connectivity index (χ1n) is 6.24. The maximum absolute atomic E-state index is 13.8. The topological polar surface area (TPSA) is 32.3 Å². The van der Waals surface area contributed by atoms with Crippen molar-refractivity contribution >= 4 is 23.2 Å². The normalized spacial score (nSPS) is 19.9. The molecule has 0 spiro atoms. The van der Waals surface area contributed by atoms with Gasteiger partial charge in [-0.3, -0.25) is 4.79 Å². The van der Waals surface area contributed by atoms with Crippen LogP contribution in [0.15, 0.2) is 12.1 Å². The average molecular weight is 289 g/mol. The Labute approximate surface area is 115 Å². The predicted molar refractivity (Wildman–Crippen MR) is 70.4 cm³/mol. The van der Waals surface area contributed by atoms with Crippen LogP contribution in [-0.4, -0.2) is 25.0 Å². The summed E-state index contributed by atoms with van der Waals surface area (Å²) >= 11 is 5.86. The fourth-order valence-electron chi connectivity index (χ4n) is 2.33. The predicted octanol–water partition coefficient (Wildman–Crippen LogP) is 2.72. The Kier molecular flexibility index (Phi) is 4.37. The van der Waals surface area contributed by atoms with E-state index in [1.165, 1.54) is 4.90 Å². The van der Waals surface area contributed by atoms with Gasteiger partial charge in [-0.1, -0.05) is 18.5 Å². The minimum Gasteiger partial charge on any atom is -0.307 e. The molecule has 1 amide bonds. The number of piperidine rings is 1. The summed E-state index contributed by atoms with van der Waals surface area (Å²) in [6.07, 6.45) is 1.46. The lowest BCUT2D eigenvalue weighted by molar-refractivity contribution is -0.121. The number of benzene rings is 1. The second kappa shape index (κ2) is 5.84. The monoisotopic (exact) mass is 288 g/mol. The minimum absolute atomic E-state index is 0.0318. The molecule has 104 valence electrons. The Hall–Kier alpha value is -1.20. The van der Waals surface area contributed by atoms with Crippen molar-refractivity contribution in [3.05, 3.63) is 28.8 Å². The zero-order chi connectivity index (χ0) is 14.0. The Bertz CT molecular complexity index is 471. The minimum atomic E-state index is -0.810. The molecule has 1 aromatic carbocycles. The molecule has 0 saturated carbocycles. The average Bonchev–Trinajstić information content (AvgIpc) is 2.32. The number of hydrogen-bond acceptors (Lipinski definition) is 2. The van der Waals surface area contributed by atoms with Crippen LogP contribution < -0.4 is 10.2 Å². The Balaban J connectivity index is 2.33. The van der Waals surface area contributed by atoms with E-state index in [0.717, 1.165) is 18.6 Å². The highest BCUT2D eigenvalue weighted by atomic mass is 35.5. The summed E-state index contributed by atoms with van der Waals surface area (Å²) in [7, 11) is 0. The molecule has 3 nitrogen and oxygen atoms in total. The van der Waals surface area contributed by atoms with Gasteiger partial charge in [0.25, 0.3) is 0 Å². The Morgan fingerprint density at radius 1 is 1.47 bits per heavy atom. The van der Waals surface area contributed by atoms with E-state index in [1.807, 2.05) is 6.92 Å². The van der Waals surface area contributed by atoms with Gasteiger partial charge >= 0.3 is 0 Å². The number of nitrogens with zero attached hydrogens (tertiary/aromatic N) is 1. The van der Waals surface area contributed by atoms with E-state index in [2.05, 4.69) is 5.32 Å². The summed E-state index contributed by atoms with van der Waals surface area (Å²) in [5.41, 5.74) is -0.0318. The summed E-state index contributed by atoms with van der Waals surface area (Å²) in [6.45, 7) is 2.95. The van der Waals surface area contributed by atoms with Crippen molar-refractivity contribution in [1.82, 2.24) is 5.32 Å². The maximum atomic E-state index is 13.8. The van der Waals surface area contributed by atoms with Gasteiger partial charge in [0.15, 0.2) is 5.82 Å². The molecule has 1 unspecified atom stereocenters. The van der Waals surface area contributed by atoms with E-state index in [1.54, 1.807) is 0 Å². The van der Waals surface area contributed by atoms with Gasteiger partial charge in [-0.2, -0.15) is 0 Å². The number of amides is 1. The van der Waals surface area contributed by atoms with Crippen molar-refractivity contribution in [2.75, 3.05) is 18.0 Å². The largest absolute Gasteiger partial charge is 0.307 e. The van der Waals surface area contributed by atoms with Crippen molar-refractivity contribution in [3.8, 4) is 0 Å². The van der Waals surface area contributed by atoms with Gasteiger partial charge in [-0.25, -0.2) is 8.78 Å². The molecule has 0 bridgehead atoms. The van der Waals surface area contributed by atoms with Crippen LogP contribution in [0, 0.1) is 11.6 Å². The van der Waals surface area contributed by atoms with E-state index in [0.29, 0.717) is 19.5 Å². The summed E-state index contributed by atoms with van der Waals surface area (Å²) in [5.74, 6) is -1.78. The van der Waals surface area contributed by atoms with Crippen LogP contribution in [0.4, 0.5) is 14.5 Å². The van der Waals surface area contributed by atoms with Crippen LogP contribution in [0.25, 0.3) is 0 Å². The molecule has 1 fully saturated rings. The van der Waals surface area contributed by atoms with Gasteiger partial charge in [0, 0.05) is 12.6 Å². The summed E-state index contributed by atoms with van der Waals surface area (Å²) in [4.78, 5) is 13.5. The highest BCUT2D eigenvalue weighted by molar-refractivity contribution is 6.34. The quantitative estimate of drug-likeness (QED) is 0.927. The van der Waals surface area contributed by atoms with Crippen molar-refractivity contribution < 1.29 is 13.6 Å². The number of likely N-dealkylation sites (N-methyl/N-ethyl adjacent to an activating group) is 1. The third-order valence-corrected chi connectivity index (χ3v) is 3.43. The van der Waals surface area contributed by atoms with E-state index in [-0.39, 0.29) is 22.7 Å². The Morgan fingerprint density at radius 2 is 2.21 bits per heavy atom. The summed E-state index contributed by atoms with van der Waals surface area (Å²) < 4.78 is 26.9. The molecular formula is C13H15ClF2N2O. The van der Waals surface area contributed by atoms with Crippen LogP contribution in [-0.2, 0) is 4.79 Å². The standard InChI is InChI=1S/C13H15ClF2N2O/c1-2-17-11-4-3-5-18(13(11)19)12-9(14)6-8(15)7-10(12)16/h6-7,11,17H,2-5H2,1H3. The number of anilines is 1. The number of carbonyl (C=O) groups is 1. The van der Waals surface area contributed by atoms with Crippen LogP contribution in [0.3, 0.4) is 0 Å². The third kappa shape index (κ3) is 2.87. The highest BCUT2D eigenvalue weighted by Crippen LogP contribution is 2.32. The maximum Gasteiger partial charge on any atom is 0.244 e. The molecule has 0 aliphatic carbocycles. The van der Waals surface area contributed by atoms with E-state index in [4.69, 9.17) is 11.6 Å². The molecule has 1 saturated heterocycles. The summed E-state index contributed by atoms with van der Waals surface area (Å²) in [5, 5.41) is 2.97. The lowest BCUT2D eigenvalue weighted by Crippen LogP contribution is -2.51. The van der Waals surface area contributed by atoms with Crippen LogP contribution in [0.1, 0.15) is 19.8 Å². The third-order valence-electron chi connectivity index (χ3n) is 3.14. The molecule has 1 N–H and O–H groups in total. The molecule has 0 radical (unpaired) electrons. The lowest BCUT2D eigenvalue weighted by Gasteiger charge is -2.33. The summed E-state index contributed by atoms with van der Waals surface area (Å²) in [6, 6.07) is 1.43. The van der Waals surface area contributed by atoms with Crippen molar-refractivity contribution in [3.63, 3.8) is 0 Å². The van der Waals surface area contributed by atoms with E-state index >= 15 is 0 Å². The second-order valence-electron chi connectivity index (χ2n) is 4.46. The molecule has 6 heteroatoms. The van der Waals surface area contributed by atoms with Gasteiger partial charge in [-0.05, 0) is 25.5 Å². The molecule has 1 atom stereocenters. The first-order valence-corrected chi connectivity index (χ1v) is 6.61. The first kappa shape index (κ1) is 14.2. The van der Waals surface area contributed by atoms with Crippen LogP contribution >= 0.6 is 11.6 Å². The number of carbonyl (C=O) groups excluding carboxylic acids is 1. The molecular weight excluding hydrogens is 274 g/mol. The van der Waals surface area contributed by atoms with Crippen molar-refractivity contribution in [2.24, 2.45) is 0 Å². The Morgan fingerprint density at radius 3 is 2.84 bits per heavy atom. The van der Waals surface area contributed by atoms with Gasteiger partial charge in [0.1, 0.15) is 5.82 Å². The van der Waals surface area contributed by atoms with Gasteiger partial charge in [-0.15, -0.1) is 0 Å². The van der Waals surface area contributed by atoms with Crippen LogP contribution in [0.2, 0.25) is 5.02 Å². The lowest BCUT2D eigenvalue weighted by atomic mass is 10.0. The molecule has 2 rings (SSSR count). The van der Waals surface area contributed by atoms with Crippen molar-refractivity contribution in [1.29, 1.82) is 0 Å².